The molecule has 1 saturated heterocycles. The van der Waals surface area contributed by atoms with Gasteiger partial charge in [0.1, 0.15) is 0 Å². The minimum Gasteiger partial charge on any atom is -0.386 e. The largest absolute Gasteiger partial charge is 0.386 e. The Morgan fingerprint density at radius 2 is 2.33 bits per heavy atom. The molecule has 0 aromatic heterocycles. The summed E-state index contributed by atoms with van der Waals surface area (Å²) in [4.78, 5) is 2.11. The van der Waals surface area contributed by atoms with Crippen LogP contribution < -0.4 is 5.73 Å². The Morgan fingerprint density at radius 3 is 2.67 bits per heavy atom. The number of hydrogen-bond acceptors (Lipinski definition) is 2. The minimum absolute atomic E-state index is 0.722. The van der Waals surface area contributed by atoms with Crippen molar-refractivity contribution >= 4 is 0 Å². The topological polar surface area (TPSA) is 29.3 Å². The fraction of sp³-hybridized carbons (Fsp3) is 0.714. The molecule has 0 aromatic rings. The highest BCUT2D eigenvalue weighted by atomic mass is 15.2. The molecule has 0 saturated carbocycles. The molecule has 0 aliphatic carbocycles. The van der Waals surface area contributed by atoms with E-state index in [1.807, 2.05) is 0 Å². The van der Waals surface area contributed by atoms with E-state index in [9.17, 15) is 0 Å². The van der Waals surface area contributed by atoms with Crippen molar-refractivity contribution in [3.63, 3.8) is 0 Å². The molecule has 2 heteroatoms. The zero-order chi connectivity index (χ0) is 6.85. The number of hydrogen-bond donors (Lipinski definition) is 1. The minimum atomic E-state index is 0.722. The van der Waals surface area contributed by atoms with E-state index in [0.717, 1.165) is 24.8 Å². The standard InChI is InChI=1S/C7H14N2/c1-3-7-4-9(5-7)6(2)8/h7H,2-5,8H2,1H3. The molecule has 2 nitrogen and oxygen atoms in total. The highest BCUT2D eigenvalue weighted by Gasteiger charge is 2.24. The first-order valence-corrected chi connectivity index (χ1v) is 3.43. The summed E-state index contributed by atoms with van der Waals surface area (Å²) < 4.78 is 0. The molecule has 0 bridgehead atoms. The summed E-state index contributed by atoms with van der Waals surface area (Å²) >= 11 is 0. The number of likely N-dealkylation sites (tertiary alicyclic amines) is 1. The average molecular weight is 126 g/mol. The van der Waals surface area contributed by atoms with Crippen molar-refractivity contribution < 1.29 is 0 Å². The van der Waals surface area contributed by atoms with Crippen LogP contribution >= 0.6 is 0 Å². The van der Waals surface area contributed by atoms with E-state index in [1.54, 1.807) is 0 Å². The summed E-state index contributed by atoms with van der Waals surface area (Å²) in [7, 11) is 0. The first-order chi connectivity index (χ1) is 4.24. The van der Waals surface area contributed by atoms with Gasteiger partial charge in [-0.05, 0) is 12.3 Å². The van der Waals surface area contributed by atoms with Crippen molar-refractivity contribution in [1.82, 2.24) is 4.90 Å². The molecule has 0 atom stereocenters. The molecule has 1 heterocycles. The third-order valence-electron chi connectivity index (χ3n) is 1.94. The van der Waals surface area contributed by atoms with Crippen molar-refractivity contribution in [2.75, 3.05) is 13.1 Å². The van der Waals surface area contributed by atoms with Crippen LogP contribution in [0.5, 0.6) is 0 Å². The lowest BCUT2D eigenvalue weighted by Gasteiger charge is -2.40. The number of rotatable bonds is 2. The third-order valence-corrected chi connectivity index (χ3v) is 1.94. The molecule has 1 fully saturated rings. The van der Waals surface area contributed by atoms with Gasteiger partial charge in [-0.15, -0.1) is 0 Å². The normalized spacial score (nSPS) is 19.4. The van der Waals surface area contributed by atoms with Gasteiger partial charge in [-0.25, -0.2) is 0 Å². The predicted molar refractivity (Wildman–Crippen MR) is 38.7 cm³/mol. The molecule has 0 aromatic carbocycles. The number of nitrogens with zero attached hydrogens (tertiary/aromatic N) is 1. The van der Waals surface area contributed by atoms with E-state index in [4.69, 9.17) is 5.73 Å². The summed E-state index contributed by atoms with van der Waals surface area (Å²) in [5, 5.41) is 0. The van der Waals surface area contributed by atoms with Crippen LogP contribution in [-0.2, 0) is 0 Å². The highest BCUT2D eigenvalue weighted by Crippen LogP contribution is 2.19. The van der Waals surface area contributed by atoms with E-state index >= 15 is 0 Å². The Kier molecular flexibility index (Phi) is 1.65. The van der Waals surface area contributed by atoms with Crippen LogP contribution in [0.25, 0.3) is 0 Å². The number of nitrogens with two attached hydrogens (primary N) is 1. The Hall–Kier alpha value is -0.660. The molecule has 0 spiro atoms. The molecular weight excluding hydrogens is 112 g/mol. The van der Waals surface area contributed by atoms with Crippen LogP contribution in [0, 0.1) is 5.92 Å². The zero-order valence-corrected chi connectivity index (χ0v) is 5.93. The molecule has 1 aliphatic rings. The van der Waals surface area contributed by atoms with Gasteiger partial charge in [0.05, 0.1) is 5.82 Å². The van der Waals surface area contributed by atoms with Crippen LogP contribution in [0.4, 0.5) is 0 Å². The van der Waals surface area contributed by atoms with Crippen molar-refractivity contribution in [3.05, 3.63) is 12.4 Å². The molecule has 0 unspecified atom stereocenters. The third kappa shape index (κ3) is 1.18. The van der Waals surface area contributed by atoms with Crippen LogP contribution in [0.15, 0.2) is 12.4 Å². The van der Waals surface area contributed by atoms with Crippen LogP contribution in [-0.4, -0.2) is 18.0 Å². The first kappa shape index (κ1) is 6.46. The summed E-state index contributed by atoms with van der Waals surface area (Å²) in [5.41, 5.74) is 5.45. The van der Waals surface area contributed by atoms with Gasteiger partial charge in [-0.2, -0.15) is 0 Å². The second-order valence-electron chi connectivity index (χ2n) is 2.67. The van der Waals surface area contributed by atoms with E-state index < -0.39 is 0 Å². The highest BCUT2D eigenvalue weighted by molar-refractivity contribution is 4.94. The van der Waals surface area contributed by atoms with Gasteiger partial charge < -0.3 is 10.6 Å². The first-order valence-electron chi connectivity index (χ1n) is 3.43. The molecule has 9 heavy (non-hydrogen) atoms. The van der Waals surface area contributed by atoms with E-state index in [-0.39, 0.29) is 0 Å². The predicted octanol–water partition coefficient (Wildman–Crippen LogP) is 0.758. The molecular formula is C7H14N2. The Labute approximate surface area is 56.3 Å². The monoisotopic (exact) mass is 126 g/mol. The summed E-state index contributed by atoms with van der Waals surface area (Å²) in [6, 6.07) is 0. The molecule has 1 aliphatic heterocycles. The van der Waals surface area contributed by atoms with E-state index in [1.165, 1.54) is 6.42 Å². The molecule has 52 valence electrons. The van der Waals surface area contributed by atoms with Crippen LogP contribution in [0.1, 0.15) is 13.3 Å². The second kappa shape index (κ2) is 2.29. The van der Waals surface area contributed by atoms with Gasteiger partial charge in [-0.3, -0.25) is 0 Å². The lowest BCUT2D eigenvalue weighted by atomic mass is 9.98. The van der Waals surface area contributed by atoms with Crippen molar-refractivity contribution in [3.8, 4) is 0 Å². The lowest BCUT2D eigenvalue weighted by Crippen LogP contribution is -2.47. The quantitative estimate of drug-likeness (QED) is 0.592. The average Bonchev–Trinajstić information content (AvgIpc) is 1.61. The Bertz CT molecular complexity index is 114. The second-order valence-corrected chi connectivity index (χ2v) is 2.67. The maximum Gasteiger partial charge on any atom is 0.0912 e. The fourth-order valence-corrected chi connectivity index (χ4v) is 1.06. The smallest absolute Gasteiger partial charge is 0.0912 e. The lowest BCUT2D eigenvalue weighted by molar-refractivity contribution is 0.138. The Morgan fingerprint density at radius 1 is 1.78 bits per heavy atom. The van der Waals surface area contributed by atoms with Crippen molar-refractivity contribution in [1.29, 1.82) is 0 Å². The van der Waals surface area contributed by atoms with Gasteiger partial charge in [0.2, 0.25) is 0 Å². The molecule has 1 rings (SSSR count). The van der Waals surface area contributed by atoms with Crippen molar-refractivity contribution in [2.45, 2.75) is 13.3 Å². The van der Waals surface area contributed by atoms with Crippen LogP contribution in [0.2, 0.25) is 0 Å². The van der Waals surface area contributed by atoms with Crippen LogP contribution in [0.3, 0.4) is 0 Å². The van der Waals surface area contributed by atoms with E-state index in [2.05, 4.69) is 18.4 Å². The summed E-state index contributed by atoms with van der Waals surface area (Å²) in [6.07, 6.45) is 1.27. The summed E-state index contributed by atoms with van der Waals surface area (Å²) in [6.45, 7) is 8.09. The molecule has 0 radical (unpaired) electrons. The Balaban J connectivity index is 2.19. The SMILES string of the molecule is C=C(N)N1CC(CC)C1. The maximum absolute atomic E-state index is 5.45. The summed E-state index contributed by atoms with van der Waals surface area (Å²) in [5.74, 6) is 1.59. The van der Waals surface area contributed by atoms with Gasteiger partial charge in [0, 0.05) is 13.1 Å². The molecule has 2 N–H and O–H groups in total. The van der Waals surface area contributed by atoms with Gasteiger partial charge >= 0.3 is 0 Å². The van der Waals surface area contributed by atoms with Gasteiger partial charge in [0.25, 0.3) is 0 Å². The maximum atomic E-state index is 5.45. The fourth-order valence-electron chi connectivity index (χ4n) is 1.06. The molecule has 0 amide bonds. The van der Waals surface area contributed by atoms with Gasteiger partial charge in [-0.1, -0.05) is 13.5 Å². The zero-order valence-electron chi connectivity index (χ0n) is 5.93. The van der Waals surface area contributed by atoms with E-state index in [0.29, 0.717) is 0 Å². The van der Waals surface area contributed by atoms with Gasteiger partial charge in [0.15, 0.2) is 0 Å². The van der Waals surface area contributed by atoms with Crippen molar-refractivity contribution in [2.24, 2.45) is 11.7 Å².